The van der Waals surface area contributed by atoms with Gasteiger partial charge >= 0.3 is 0 Å². The van der Waals surface area contributed by atoms with E-state index in [4.69, 9.17) is 0 Å². The van der Waals surface area contributed by atoms with E-state index in [1.807, 2.05) is 67.6 Å². The Morgan fingerprint density at radius 1 is 0.742 bits per heavy atom. The molecule has 0 saturated heterocycles. The van der Waals surface area contributed by atoms with E-state index in [-0.39, 0.29) is 4.90 Å². The summed E-state index contributed by atoms with van der Waals surface area (Å²) < 4.78 is 28.6. The van der Waals surface area contributed by atoms with Crippen molar-refractivity contribution in [1.82, 2.24) is 8.96 Å². The van der Waals surface area contributed by atoms with Gasteiger partial charge in [0.2, 0.25) is 0 Å². The van der Waals surface area contributed by atoms with Crippen LogP contribution in [0.3, 0.4) is 0 Å². The number of aromatic nitrogens is 2. The van der Waals surface area contributed by atoms with Gasteiger partial charge < -0.3 is 0 Å². The number of pyridine rings is 1. The van der Waals surface area contributed by atoms with Gasteiger partial charge in [0.15, 0.2) is 5.65 Å². The molecule has 0 N–H and O–H groups in total. The molecule has 5 rings (SSSR count). The first kappa shape index (κ1) is 19.1. The third kappa shape index (κ3) is 3.37. The number of hydrogen-bond acceptors (Lipinski definition) is 3. The van der Waals surface area contributed by atoms with Crippen molar-refractivity contribution in [3.05, 3.63) is 108 Å². The van der Waals surface area contributed by atoms with Crippen molar-refractivity contribution in [2.45, 2.75) is 11.8 Å². The number of benzene rings is 3. The summed E-state index contributed by atoms with van der Waals surface area (Å²) in [5.41, 5.74) is 3.36. The van der Waals surface area contributed by atoms with E-state index in [2.05, 4.69) is 16.8 Å². The third-order valence-corrected chi connectivity index (χ3v) is 6.87. The summed E-state index contributed by atoms with van der Waals surface area (Å²) in [5, 5.41) is 1.61. The van der Waals surface area contributed by atoms with Gasteiger partial charge in [-0.3, -0.25) is 0 Å². The maximum absolute atomic E-state index is 13.6. The van der Waals surface area contributed by atoms with Gasteiger partial charge in [-0.25, -0.2) is 17.4 Å². The third-order valence-electron chi connectivity index (χ3n) is 5.15. The molecule has 3 aromatic carbocycles. The molecule has 0 saturated carbocycles. The van der Waals surface area contributed by atoms with Crippen molar-refractivity contribution in [3.8, 4) is 11.8 Å². The Hall–Kier alpha value is -3.88. The average Bonchev–Trinajstić information content (AvgIpc) is 3.13. The molecule has 0 aliphatic rings. The molecule has 4 nitrogen and oxygen atoms in total. The van der Waals surface area contributed by atoms with E-state index in [1.165, 1.54) is 3.97 Å². The fourth-order valence-corrected chi connectivity index (χ4v) is 5.07. The van der Waals surface area contributed by atoms with Gasteiger partial charge in [0.25, 0.3) is 10.0 Å². The zero-order chi connectivity index (χ0) is 21.4. The molecular weight excluding hydrogens is 404 g/mol. The average molecular weight is 423 g/mol. The second-order valence-corrected chi connectivity index (χ2v) is 9.07. The molecule has 0 aliphatic carbocycles. The number of para-hydroxylation sites is 1. The van der Waals surface area contributed by atoms with E-state index in [0.29, 0.717) is 16.9 Å². The zero-order valence-corrected chi connectivity index (χ0v) is 17.6. The summed E-state index contributed by atoms with van der Waals surface area (Å²) in [5.74, 6) is 6.14. The molecule has 0 aliphatic heterocycles. The molecule has 0 fully saturated rings. The molecule has 2 heterocycles. The highest BCUT2D eigenvalue weighted by Crippen LogP contribution is 2.31. The summed E-state index contributed by atoms with van der Waals surface area (Å²) >= 11 is 0. The number of fused-ring (bicyclic) bond motifs is 3. The molecular formula is C26H18N2O2S. The predicted molar refractivity (Wildman–Crippen MR) is 123 cm³/mol. The van der Waals surface area contributed by atoms with Crippen LogP contribution in [0, 0.1) is 18.8 Å². The maximum atomic E-state index is 13.6. The first-order chi connectivity index (χ1) is 15.0. The number of hydrogen-bond donors (Lipinski definition) is 0. The Kier molecular flexibility index (Phi) is 4.58. The van der Waals surface area contributed by atoms with Gasteiger partial charge in [0, 0.05) is 16.3 Å². The Bertz CT molecular complexity index is 1590. The lowest BCUT2D eigenvalue weighted by Gasteiger charge is -2.09. The molecule has 2 aromatic heterocycles. The van der Waals surface area contributed by atoms with E-state index >= 15 is 0 Å². The Balaban J connectivity index is 1.76. The van der Waals surface area contributed by atoms with Crippen LogP contribution in [0.2, 0.25) is 0 Å². The lowest BCUT2D eigenvalue weighted by Crippen LogP contribution is -2.13. The largest absolute Gasteiger partial charge is 0.269 e. The summed E-state index contributed by atoms with van der Waals surface area (Å²) in [7, 11) is -3.84. The SMILES string of the molecule is Cc1ccc(S(=O)(=O)n2c3ccccc3c3ccc(C#Cc4ccccc4)nc32)cc1. The fourth-order valence-electron chi connectivity index (χ4n) is 3.59. The van der Waals surface area contributed by atoms with Crippen LogP contribution in [0.4, 0.5) is 0 Å². The van der Waals surface area contributed by atoms with Gasteiger partial charge in [-0.05, 0) is 55.3 Å². The monoisotopic (exact) mass is 422 g/mol. The van der Waals surface area contributed by atoms with E-state index in [9.17, 15) is 8.42 Å². The van der Waals surface area contributed by atoms with Crippen LogP contribution in [-0.4, -0.2) is 17.4 Å². The number of aryl methyl sites for hydroxylation is 1. The highest BCUT2D eigenvalue weighted by Gasteiger charge is 2.24. The highest BCUT2D eigenvalue weighted by molar-refractivity contribution is 7.90. The van der Waals surface area contributed by atoms with E-state index < -0.39 is 10.0 Å². The lowest BCUT2D eigenvalue weighted by molar-refractivity contribution is 0.590. The Morgan fingerprint density at radius 3 is 2.23 bits per heavy atom. The topological polar surface area (TPSA) is 52.0 Å². The van der Waals surface area contributed by atoms with Crippen LogP contribution < -0.4 is 0 Å². The van der Waals surface area contributed by atoms with Crippen molar-refractivity contribution in [3.63, 3.8) is 0 Å². The minimum absolute atomic E-state index is 0.225. The van der Waals surface area contributed by atoms with Gasteiger partial charge in [-0.1, -0.05) is 60.0 Å². The van der Waals surface area contributed by atoms with Crippen LogP contribution in [0.1, 0.15) is 16.8 Å². The first-order valence-electron chi connectivity index (χ1n) is 9.83. The zero-order valence-electron chi connectivity index (χ0n) is 16.8. The van der Waals surface area contributed by atoms with Crippen molar-refractivity contribution in [2.24, 2.45) is 0 Å². The maximum Gasteiger partial charge on any atom is 0.269 e. The lowest BCUT2D eigenvalue weighted by atomic mass is 10.2. The number of nitrogens with zero attached hydrogens (tertiary/aromatic N) is 2. The quantitative estimate of drug-likeness (QED) is 0.370. The van der Waals surface area contributed by atoms with Gasteiger partial charge in [-0.15, -0.1) is 0 Å². The molecule has 5 aromatic rings. The minimum Gasteiger partial charge on any atom is -0.220 e. The van der Waals surface area contributed by atoms with E-state index in [0.717, 1.165) is 21.9 Å². The molecule has 31 heavy (non-hydrogen) atoms. The van der Waals surface area contributed by atoms with Crippen LogP contribution in [0.15, 0.2) is 95.9 Å². The summed E-state index contributed by atoms with van der Waals surface area (Å²) in [6, 6.07) is 27.6. The molecule has 0 amide bonds. The molecule has 0 unspecified atom stereocenters. The van der Waals surface area contributed by atoms with Crippen molar-refractivity contribution < 1.29 is 8.42 Å². The second-order valence-electron chi connectivity index (χ2n) is 7.28. The highest BCUT2D eigenvalue weighted by atomic mass is 32.2. The van der Waals surface area contributed by atoms with Crippen molar-refractivity contribution >= 4 is 32.0 Å². The predicted octanol–water partition coefficient (Wildman–Crippen LogP) is 5.13. The van der Waals surface area contributed by atoms with Crippen molar-refractivity contribution in [1.29, 1.82) is 0 Å². The van der Waals surface area contributed by atoms with Gasteiger partial charge in [0.05, 0.1) is 10.4 Å². The van der Waals surface area contributed by atoms with Gasteiger partial charge in [0.1, 0.15) is 5.69 Å². The molecule has 0 atom stereocenters. The summed E-state index contributed by atoms with van der Waals surface area (Å²) in [6.07, 6.45) is 0. The summed E-state index contributed by atoms with van der Waals surface area (Å²) in [4.78, 5) is 4.87. The van der Waals surface area contributed by atoms with Crippen LogP contribution in [-0.2, 0) is 10.0 Å². The fraction of sp³-hybridized carbons (Fsp3) is 0.0385. The Labute approximate surface area is 180 Å². The summed E-state index contributed by atoms with van der Waals surface area (Å²) in [6.45, 7) is 1.93. The smallest absolute Gasteiger partial charge is 0.220 e. The van der Waals surface area contributed by atoms with Gasteiger partial charge in [-0.2, -0.15) is 0 Å². The molecule has 150 valence electrons. The first-order valence-corrected chi connectivity index (χ1v) is 11.3. The molecule has 0 bridgehead atoms. The van der Waals surface area contributed by atoms with Crippen molar-refractivity contribution in [2.75, 3.05) is 0 Å². The number of rotatable bonds is 2. The minimum atomic E-state index is -3.84. The molecule has 0 radical (unpaired) electrons. The normalized spacial score (nSPS) is 11.4. The standard InChI is InChI=1S/C26H18N2O2S/c1-19-11-16-22(17-12-19)31(29,30)28-25-10-6-5-9-23(25)24-18-15-21(27-26(24)28)14-13-20-7-3-2-4-8-20/h2-12,15-18H,1H3. The van der Waals surface area contributed by atoms with Crippen LogP contribution >= 0.6 is 0 Å². The van der Waals surface area contributed by atoms with E-state index in [1.54, 1.807) is 30.3 Å². The van der Waals surface area contributed by atoms with Crippen LogP contribution in [0.25, 0.3) is 21.9 Å². The Morgan fingerprint density at radius 2 is 1.45 bits per heavy atom. The molecule has 5 heteroatoms. The second kappa shape index (κ2) is 7.42. The van der Waals surface area contributed by atoms with Crippen LogP contribution in [0.5, 0.6) is 0 Å². The molecule has 0 spiro atoms.